The quantitative estimate of drug-likeness (QED) is 0.546. The molecule has 0 bridgehead atoms. The molecular weight excluding hydrogens is 194 g/mol. The smallest absolute Gasteiger partial charge is 0.215 e. The van der Waals surface area contributed by atoms with Crippen LogP contribution in [0.4, 0.5) is 0 Å². The van der Waals surface area contributed by atoms with Gasteiger partial charge in [0.1, 0.15) is 0 Å². The van der Waals surface area contributed by atoms with Crippen molar-refractivity contribution in [3.05, 3.63) is 24.4 Å². The highest BCUT2D eigenvalue weighted by Gasteiger charge is 2.21. The van der Waals surface area contributed by atoms with Gasteiger partial charge >= 0.3 is 0 Å². The summed E-state index contributed by atoms with van der Waals surface area (Å²) in [6.07, 6.45) is 7.60. The van der Waals surface area contributed by atoms with E-state index in [2.05, 4.69) is 21.2 Å². The highest BCUT2D eigenvalue weighted by molar-refractivity contribution is 9.10. The maximum absolute atomic E-state index is 5.34. The Kier molecular flexibility index (Phi) is 2.51. The molecule has 0 aromatic carbocycles. The molecule has 0 spiro atoms. The van der Waals surface area contributed by atoms with Crippen LogP contribution in [0.3, 0.4) is 0 Å². The number of halogens is 1. The summed E-state index contributed by atoms with van der Waals surface area (Å²) in [6.45, 7) is 2.63. The normalized spacial score (nSPS) is 30.2. The first-order chi connectivity index (χ1) is 4.77. The zero-order chi connectivity index (χ0) is 7.45. The van der Waals surface area contributed by atoms with E-state index in [0.29, 0.717) is 6.61 Å². The molecule has 1 atom stereocenters. The molecule has 1 aliphatic heterocycles. The lowest BCUT2D eigenvalue weighted by molar-refractivity contribution is 0.0598. The van der Waals surface area contributed by atoms with Crippen LogP contribution in [-0.2, 0) is 4.74 Å². The molecule has 0 saturated carbocycles. The molecule has 0 fully saturated rings. The first kappa shape index (κ1) is 7.82. The fraction of sp³-hybridized carbons (Fsp3) is 0.429. The molecule has 10 heavy (non-hydrogen) atoms. The SMILES string of the molecule is CCOC1(Br)C=CC=CN1. The van der Waals surface area contributed by atoms with Crippen molar-refractivity contribution in [2.45, 2.75) is 11.6 Å². The van der Waals surface area contributed by atoms with Gasteiger partial charge in [0.05, 0.1) is 0 Å². The molecule has 0 amide bonds. The van der Waals surface area contributed by atoms with E-state index in [1.807, 2.05) is 31.4 Å². The Morgan fingerprint density at radius 3 is 2.90 bits per heavy atom. The maximum atomic E-state index is 5.34. The summed E-state index contributed by atoms with van der Waals surface area (Å²) >= 11 is 3.38. The molecule has 1 aliphatic rings. The number of ether oxygens (including phenoxy) is 1. The van der Waals surface area contributed by atoms with Crippen LogP contribution in [0.5, 0.6) is 0 Å². The van der Waals surface area contributed by atoms with Crippen molar-refractivity contribution >= 4 is 15.9 Å². The van der Waals surface area contributed by atoms with Crippen molar-refractivity contribution in [1.29, 1.82) is 0 Å². The standard InChI is InChI=1S/C7H10BrNO/c1-2-10-7(8)5-3-4-6-9-7/h3-6,9H,2H2,1H3. The van der Waals surface area contributed by atoms with Crippen molar-refractivity contribution in [3.63, 3.8) is 0 Å². The number of rotatable bonds is 2. The molecular formula is C7H10BrNO. The summed E-state index contributed by atoms with van der Waals surface area (Å²) in [5, 5.41) is 3.02. The van der Waals surface area contributed by atoms with Gasteiger partial charge in [-0.15, -0.1) is 0 Å². The number of alkyl halides is 1. The molecule has 1 unspecified atom stereocenters. The third kappa shape index (κ3) is 1.85. The third-order valence-electron chi connectivity index (χ3n) is 1.15. The second-order valence-corrected chi connectivity index (χ2v) is 3.12. The molecule has 3 heteroatoms. The third-order valence-corrected chi connectivity index (χ3v) is 1.87. The Morgan fingerprint density at radius 2 is 2.40 bits per heavy atom. The summed E-state index contributed by atoms with van der Waals surface area (Å²) in [5.41, 5.74) is 0. The molecule has 0 saturated heterocycles. The molecule has 1 rings (SSSR count). The van der Waals surface area contributed by atoms with Gasteiger partial charge in [0, 0.05) is 6.61 Å². The average molecular weight is 204 g/mol. The van der Waals surface area contributed by atoms with E-state index in [1.165, 1.54) is 0 Å². The summed E-state index contributed by atoms with van der Waals surface area (Å²) in [6, 6.07) is 0. The second kappa shape index (κ2) is 3.21. The Morgan fingerprint density at radius 1 is 1.60 bits per heavy atom. The Balaban J connectivity index is 2.52. The number of dihydropyridines is 1. The Labute approximate surface area is 69.1 Å². The predicted molar refractivity (Wildman–Crippen MR) is 44.7 cm³/mol. The lowest BCUT2D eigenvalue weighted by Gasteiger charge is -2.25. The van der Waals surface area contributed by atoms with Crippen LogP contribution in [-0.4, -0.2) is 11.2 Å². The van der Waals surface area contributed by atoms with Gasteiger partial charge in [0.25, 0.3) is 0 Å². The first-order valence-electron chi connectivity index (χ1n) is 3.22. The van der Waals surface area contributed by atoms with Gasteiger partial charge in [-0.1, -0.05) is 6.08 Å². The minimum absolute atomic E-state index is 0.476. The fourth-order valence-corrected chi connectivity index (χ4v) is 1.26. The summed E-state index contributed by atoms with van der Waals surface area (Å²) < 4.78 is 4.86. The first-order valence-corrected chi connectivity index (χ1v) is 4.01. The monoisotopic (exact) mass is 203 g/mol. The highest BCUT2D eigenvalue weighted by atomic mass is 79.9. The van der Waals surface area contributed by atoms with Gasteiger partial charge < -0.3 is 10.1 Å². The zero-order valence-electron chi connectivity index (χ0n) is 5.80. The fourth-order valence-electron chi connectivity index (χ4n) is 0.745. The van der Waals surface area contributed by atoms with E-state index in [9.17, 15) is 0 Å². The van der Waals surface area contributed by atoms with Crippen LogP contribution >= 0.6 is 15.9 Å². The van der Waals surface area contributed by atoms with Crippen LogP contribution in [0.1, 0.15) is 6.92 Å². The molecule has 0 radical (unpaired) electrons. The minimum atomic E-state index is -0.476. The minimum Gasteiger partial charge on any atom is -0.351 e. The molecule has 1 heterocycles. The van der Waals surface area contributed by atoms with Gasteiger partial charge in [-0.2, -0.15) is 0 Å². The van der Waals surface area contributed by atoms with E-state index >= 15 is 0 Å². The second-order valence-electron chi connectivity index (χ2n) is 1.94. The molecule has 0 aliphatic carbocycles. The average Bonchev–Trinajstić information content (AvgIpc) is 1.89. The van der Waals surface area contributed by atoms with Gasteiger partial charge in [0.15, 0.2) is 0 Å². The highest BCUT2D eigenvalue weighted by Crippen LogP contribution is 2.19. The molecule has 0 aromatic rings. The molecule has 0 aromatic heterocycles. The molecule has 56 valence electrons. The van der Waals surface area contributed by atoms with E-state index in [0.717, 1.165) is 0 Å². The van der Waals surface area contributed by atoms with Gasteiger partial charge in [0.2, 0.25) is 4.63 Å². The maximum Gasteiger partial charge on any atom is 0.215 e. The number of nitrogens with one attached hydrogen (secondary N) is 1. The summed E-state index contributed by atoms with van der Waals surface area (Å²) in [4.78, 5) is 0. The van der Waals surface area contributed by atoms with E-state index in [1.54, 1.807) is 0 Å². The van der Waals surface area contributed by atoms with Crippen molar-refractivity contribution in [2.75, 3.05) is 6.61 Å². The number of allylic oxidation sites excluding steroid dienone is 2. The lowest BCUT2D eigenvalue weighted by Crippen LogP contribution is -2.37. The van der Waals surface area contributed by atoms with Gasteiger partial charge in [-0.25, -0.2) is 0 Å². The largest absolute Gasteiger partial charge is 0.351 e. The summed E-state index contributed by atoms with van der Waals surface area (Å²) in [5.74, 6) is 0. The van der Waals surface area contributed by atoms with Crippen LogP contribution in [0.2, 0.25) is 0 Å². The van der Waals surface area contributed by atoms with Crippen LogP contribution in [0.25, 0.3) is 0 Å². The van der Waals surface area contributed by atoms with Crippen LogP contribution in [0.15, 0.2) is 24.4 Å². The van der Waals surface area contributed by atoms with Crippen molar-refractivity contribution < 1.29 is 4.74 Å². The molecule has 2 nitrogen and oxygen atoms in total. The topological polar surface area (TPSA) is 21.3 Å². The zero-order valence-corrected chi connectivity index (χ0v) is 7.39. The van der Waals surface area contributed by atoms with E-state index < -0.39 is 4.63 Å². The van der Waals surface area contributed by atoms with Crippen molar-refractivity contribution in [2.24, 2.45) is 0 Å². The number of hydrogen-bond donors (Lipinski definition) is 1. The van der Waals surface area contributed by atoms with Crippen LogP contribution < -0.4 is 5.32 Å². The molecule has 1 N–H and O–H groups in total. The predicted octanol–water partition coefficient (Wildman–Crippen LogP) is 1.74. The Hall–Kier alpha value is -0.280. The van der Waals surface area contributed by atoms with Gasteiger partial charge in [-0.05, 0) is 41.2 Å². The van der Waals surface area contributed by atoms with E-state index in [-0.39, 0.29) is 0 Å². The van der Waals surface area contributed by atoms with Crippen molar-refractivity contribution in [1.82, 2.24) is 5.32 Å². The van der Waals surface area contributed by atoms with Gasteiger partial charge in [-0.3, -0.25) is 0 Å². The number of hydrogen-bond acceptors (Lipinski definition) is 2. The van der Waals surface area contributed by atoms with E-state index in [4.69, 9.17) is 4.74 Å². The summed E-state index contributed by atoms with van der Waals surface area (Å²) in [7, 11) is 0. The lowest BCUT2D eigenvalue weighted by atomic mass is 10.4. The van der Waals surface area contributed by atoms with Crippen LogP contribution in [0, 0.1) is 0 Å². The van der Waals surface area contributed by atoms with Crippen molar-refractivity contribution in [3.8, 4) is 0 Å². The Bertz CT molecular complexity index is 167.